The average Bonchev–Trinajstić information content (AvgIpc) is 2.07. The third-order valence-electron chi connectivity index (χ3n) is 1.02. The Hall–Kier alpha value is -0.511. The van der Waals surface area contributed by atoms with Gasteiger partial charge in [0, 0.05) is 0 Å². The Labute approximate surface area is 82.8 Å². The molecule has 3 heteroatoms. The van der Waals surface area contributed by atoms with Crippen LogP contribution in [0.2, 0.25) is 9.88 Å². The Balaban J connectivity index is 0.000000354. The van der Waals surface area contributed by atoms with Crippen LogP contribution in [-0.4, -0.2) is 32.2 Å². The Bertz CT molecular complexity index is 221. The van der Waals surface area contributed by atoms with Gasteiger partial charge in [-0.25, -0.2) is 4.79 Å². The van der Waals surface area contributed by atoms with Crippen LogP contribution in [0.3, 0.4) is 0 Å². The van der Waals surface area contributed by atoms with Crippen molar-refractivity contribution in [2.75, 3.05) is 0 Å². The summed E-state index contributed by atoms with van der Waals surface area (Å²) in [7, 11) is 0. The van der Waals surface area contributed by atoms with Crippen LogP contribution in [0.1, 0.15) is 10.4 Å². The SMILES string of the molecule is O=C(O)c1ccccc1.[CH3][Sn][CH3]. The number of rotatable bonds is 1. The molecule has 0 spiro atoms. The van der Waals surface area contributed by atoms with Crippen molar-refractivity contribution in [2.45, 2.75) is 9.88 Å². The summed E-state index contributed by atoms with van der Waals surface area (Å²) < 4.78 is 0. The molecule has 2 radical (unpaired) electrons. The van der Waals surface area contributed by atoms with Gasteiger partial charge in [-0.05, 0) is 12.1 Å². The Morgan fingerprint density at radius 3 is 1.92 bits per heavy atom. The zero-order chi connectivity index (χ0) is 9.40. The Morgan fingerprint density at radius 1 is 1.25 bits per heavy atom. The first kappa shape index (κ1) is 11.5. The van der Waals surface area contributed by atoms with Crippen molar-refractivity contribution in [2.24, 2.45) is 0 Å². The van der Waals surface area contributed by atoms with Crippen LogP contribution < -0.4 is 0 Å². The van der Waals surface area contributed by atoms with E-state index in [4.69, 9.17) is 5.11 Å². The first-order chi connectivity index (χ1) is 5.72. The molecule has 0 aromatic heterocycles. The molecule has 0 unspecified atom stereocenters. The van der Waals surface area contributed by atoms with E-state index >= 15 is 0 Å². The van der Waals surface area contributed by atoms with Crippen LogP contribution in [0.5, 0.6) is 0 Å². The van der Waals surface area contributed by atoms with Crippen LogP contribution in [0.4, 0.5) is 0 Å². The third-order valence-corrected chi connectivity index (χ3v) is 1.02. The molecule has 0 saturated carbocycles. The maximum atomic E-state index is 10.2. The second kappa shape index (κ2) is 7.15. The molecule has 0 bridgehead atoms. The van der Waals surface area contributed by atoms with Gasteiger partial charge in [0.2, 0.25) is 0 Å². The van der Waals surface area contributed by atoms with E-state index in [-0.39, 0.29) is 21.1 Å². The van der Waals surface area contributed by atoms with Gasteiger partial charge in [-0.15, -0.1) is 0 Å². The first-order valence-electron chi connectivity index (χ1n) is 3.59. The van der Waals surface area contributed by atoms with Gasteiger partial charge in [0.15, 0.2) is 0 Å². The van der Waals surface area contributed by atoms with Crippen LogP contribution in [0.25, 0.3) is 0 Å². The maximum absolute atomic E-state index is 10.2. The second-order valence-corrected chi connectivity index (χ2v) is 5.03. The summed E-state index contributed by atoms with van der Waals surface area (Å²) in [5.41, 5.74) is 0.331. The molecule has 0 heterocycles. The molecule has 0 aliphatic carbocycles. The van der Waals surface area contributed by atoms with E-state index in [2.05, 4.69) is 9.88 Å². The molecule has 0 aliphatic heterocycles. The van der Waals surface area contributed by atoms with E-state index in [0.717, 1.165) is 0 Å². The van der Waals surface area contributed by atoms with Gasteiger partial charge >= 0.3 is 37.0 Å². The summed E-state index contributed by atoms with van der Waals surface area (Å²) in [4.78, 5) is 14.8. The summed E-state index contributed by atoms with van der Waals surface area (Å²) in [5.74, 6) is -0.879. The van der Waals surface area contributed by atoms with Crippen LogP contribution in [-0.2, 0) is 0 Å². The van der Waals surface area contributed by atoms with Crippen LogP contribution in [0.15, 0.2) is 30.3 Å². The Kier molecular flexibility index (Phi) is 6.85. The third kappa shape index (κ3) is 5.18. The predicted molar refractivity (Wildman–Crippen MR) is 50.9 cm³/mol. The van der Waals surface area contributed by atoms with E-state index in [9.17, 15) is 4.79 Å². The molecular formula is C9H12O2Sn. The van der Waals surface area contributed by atoms with Gasteiger partial charge in [-0.3, -0.25) is 0 Å². The second-order valence-electron chi connectivity index (χ2n) is 2.17. The van der Waals surface area contributed by atoms with Crippen LogP contribution in [0, 0.1) is 0 Å². The number of carboxylic acids is 1. The topological polar surface area (TPSA) is 37.3 Å². The molecule has 1 rings (SSSR count). The number of hydrogen-bond acceptors (Lipinski definition) is 1. The fourth-order valence-corrected chi connectivity index (χ4v) is 0.581. The molecule has 0 aliphatic rings. The standard InChI is InChI=1S/C7H6O2.2CH3.Sn/c8-7(9)6-4-2-1-3-5-6;;;/h1-5H,(H,8,9);2*1H3;. The normalized spacial score (nSPS) is 8.17. The fourth-order valence-electron chi connectivity index (χ4n) is 0.581. The number of carboxylic acid groups (broad SMARTS) is 1. The molecule has 1 aromatic carbocycles. The van der Waals surface area contributed by atoms with E-state index in [1.54, 1.807) is 30.3 Å². The van der Waals surface area contributed by atoms with E-state index < -0.39 is 5.97 Å². The number of aromatic carboxylic acids is 1. The summed E-state index contributed by atoms with van der Waals surface area (Å²) in [5, 5.41) is 8.38. The summed E-state index contributed by atoms with van der Waals surface area (Å²) in [6, 6.07) is 8.30. The number of hydrogen-bond donors (Lipinski definition) is 1. The molecule has 0 fully saturated rings. The minimum absolute atomic E-state index is 0.230. The molecule has 1 N–H and O–H groups in total. The van der Waals surface area contributed by atoms with Crippen molar-refractivity contribution < 1.29 is 9.90 Å². The van der Waals surface area contributed by atoms with Crippen molar-refractivity contribution in [1.82, 2.24) is 0 Å². The molecule has 12 heavy (non-hydrogen) atoms. The van der Waals surface area contributed by atoms with Crippen LogP contribution >= 0.6 is 0 Å². The van der Waals surface area contributed by atoms with Crippen molar-refractivity contribution in [3.8, 4) is 0 Å². The zero-order valence-electron chi connectivity index (χ0n) is 7.24. The Morgan fingerprint density at radius 2 is 1.67 bits per heavy atom. The number of carbonyl (C=O) groups is 1. The molecule has 0 amide bonds. The predicted octanol–water partition coefficient (Wildman–Crippen LogP) is 2.17. The van der Waals surface area contributed by atoms with Gasteiger partial charge in [0.25, 0.3) is 0 Å². The molecule has 64 valence electrons. The van der Waals surface area contributed by atoms with Crippen molar-refractivity contribution in [3.05, 3.63) is 35.9 Å². The van der Waals surface area contributed by atoms with Gasteiger partial charge in [0.05, 0.1) is 5.56 Å². The van der Waals surface area contributed by atoms with Gasteiger partial charge < -0.3 is 5.11 Å². The molecule has 2 nitrogen and oxygen atoms in total. The van der Waals surface area contributed by atoms with Crippen molar-refractivity contribution in [3.63, 3.8) is 0 Å². The first-order valence-corrected chi connectivity index (χ1v) is 9.30. The molecule has 1 aromatic rings. The van der Waals surface area contributed by atoms with Crippen molar-refractivity contribution in [1.29, 1.82) is 0 Å². The summed E-state index contributed by atoms with van der Waals surface area (Å²) in [6.45, 7) is 0. The minimum atomic E-state index is -0.879. The zero-order valence-corrected chi connectivity index (χ0v) is 10.1. The number of benzene rings is 1. The van der Waals surface area contributed by atoms with Crippen molar-refractivity contribution >= 4 is 27.1 Å². The van der Waals surface area contributed by atoms with Gasteiger partial charge in [-0.2, -0.15) is 0 Å². The average molecular weight is 271 g/mol. The van der Waals surface area contributed by atoms with Gasteiger partial charge in [-0.1, -0.05) is 18.2 Å². The van der Waals surface area contributed by atoms with E-state index in [1.165, 1.54) is 0 Å². The summed E-state index contributed by atoms with van der Waals surface area (Å²) >= 11 is 0.230. The summed E-state index contributed by atoms with van der Waals surface area (Å²) in [6.07, 6.45) is 0. The van der Waals surface area contributed by atoms with Gasteiger partial charge in [0.1, 0.15) is 0 Å². The van der Waals surface area contributed by atoms with E-state index in [0.29, 0.717) is 5.56 Å². The van der Waals surface area contributed by atoms with E-state index in [1.807, 2.05) is 0 Å². The molecule has 0 atom stereocenters. The molecular weight excluding hydrogens is 259 g/mol. The monoisotopic (exact) mass is 272 g/mol. The molecule has 0 saturated heterocycles. The fraction of sp³-hybridized carbons (Fsp3) is 0.222. The quantitative estimate of drug-likeness (QED) is 0.795.